The van der Waals surface area contributed by atoms with Crippen LogP contribution in [0.25, 0.3) is 0 Å². The van der Waals surface area contributed by atoms with E-state index in [0.717, 1.165) is 11.5 Å². The molecule has 0 atom stereocenters. The number of fused-ring (bicyclic) bond motifs is 1. The van der Waals surface area contributed by atoms with Crippen molar-refractivity contribution < 1.29 is 4.74 Å². The van der Waals surface area contributed by atoms with E-state index in [1.54, 1.807) is 0 Å². The first-order valence-corrected chi connectivity index (χ1v) is 4.56. The van der Waals surface area contributed by atoms with Gasteiger partial charge in [-0.05, 0) is 19.1 Å². The van der Waals surface area contributed by atoms with E-state index in [1.165, 1.54) is 5.56 Å². The van der Waals surface area contributed by atoms with Crippen LogP contribution in [0.1, 0.15) is 26.3 Å². The monoisotopic (exact) mass is 174 g/mol. The highest BCUT2D eigenvalue weighted by atomic mass is 16.5. The summed E-state index contributed by atoms with van der Waals surface area (Å²) in [5.74, 6) is 1.98. The van der Waals surface area contributed by atoms with Crippen molar-refractivity contribution in [1.82, 2.24) is 0 Å². The summed E-state index contributed by atoms with van der Waals surface area (Å²) < 4.78 is 5.63. The Morgan fingerprint density at radius 3 is 2.62 bits per heavy atom. The molecule has 0 aromatic heterocycles. The number of para-hydroxylation sites is 1. The zero-order valence-electron chi connectivity index (χ0n) is 8.29. The van der Waals surface area contributed by atoms with Gasteiger partial charge in [-0.1, -0.05) is 32.0 Å². The number of hydrogen-bond donors (Lipinski definition) is 0. The predicted molar refractivity (Wildman–Crippen MR) is 53.9 cm³/mol. The fraction of sp³-hybridized carbons (Fsp3) is 0.333. The summed E-state index contributed by atoms with van der Waals surface area (Å²) in [4.78, 5) is 0. The third kappa shape index (κ3) is 1.35. The Kier molecular flexibility index (Phi) is 1.69. The van der Waals surface area contributed by atoms with E-state index < -0.39 is 0 Å². The number of rotatable bonds is 0. The van der Waals surface area contributed by atoms with Gasteiger partial charge in [-0.15, -0.1) is 0 Å². The van der Waals surface area contributed by atoms with Crippen molar-refractivity contribution in [2.24, 2.45) is 0 Å². The van der Waals surface area contributed by atoms with Crippen LogP contribution in [0, 0.1) is 0 Å². The second kappa shape index (κ2) is 2.63. The van der Waals surface area contributed by atoms with Crippen LogP contribution in [-0.2, 0) is 5.41 Å². The summed E-state index contributed by atoms with van der Waals surface area (Å²) in [6.07, 6.45) is 2.16. The molecule has 1 nitrogen and oxygen atoms in total. The largest absolute Gasteiger partial charge is 0.462 e. The first-order chi connectivity index (χ1) is 6.09. The summed E-state index contributed by atoms with van der Waals surface area (Å²) in [6.45, 7) is 6.41. The third-order valence-corrected chi connectivity index (χ3v) is 2.42. The normalized spacial score (nSPS) is 18.5. The van der Waals surface area contributed by atoms with Crippen LogP contribution in [0.5, 0.6) is 5.75 Å². The smallest absolute Gasteiger partial charge is 0.130 e. The standard InChI is InChI=1S/C12H14O/c1-9-8-12(2,3)10-6-4-5-7-11(10)13-9/h4-8H,1-3H3. The lowest BCUT2D eigenvalue weighted by atomic mass is 9.82. The summed E-state index contributed by atoms with van der Waals surface area (Å²) >= 11 is 0. The van der Waals surface area contributed by atoms with E-state index in [2.05, 4.69) is 32.1 Å². The molecule has 1 aromatic carbocycles. The molecule has 13 heavy (non-hydrogen) atoms. The molecule has 68 valence electrons. The van der Waals surface area contributed by atoms with Gasteiger partial charge in [0.2, 0.25) is 0 Å². The van der Waals surface area contributed by atoms with Crippen molar-refractivity contribution in [1.29, 1.82) is 0 Å². The van der Waals surface area contributed by atoms with Gasteiger partial charge in [-0.2, -0.15) is 0 Å². The van der Waals surface area contributed by atoms with Crippen molar-refractivity contribution in [3.05, 3.63) is 41.7 Å². The van der Waals surface area contributed by atoms with Crippen molar-refractivity contribution >= 4 is 0 Å². The molecule has 0 bridgehead atoms. The Morgan fingerprint density at radius 2 is 1.85 bits per heavy atom. The average Bonchev–Trinajstić information content (AvgIpc) is 2.02. The predicted octanol–water partition coefficient (Wildman–Crippen LogP) is 3.26. The van der Waals surface area contributed by atoms with E-state index in [4.69, 9.17) is 4.74 Å². The molecule has 0 radical (unpaired) electrons. The molecule has 0 unspecified atom stereocenters. The maximum Gasteiger partial charge on any atom is 0.130 e. The fourth-order valence-electron chi connectivity index (χ4n) is 1.88. The minimum Gasteiger partial charge on any atom is -0.462 e. The topological polar surface area (TPSA) is 9.23 Å². The Bertz CT molecular complexity index is 361. The van der Waals surface area contributed by atoms with Crippen molar-refractivity contribution in [3.63, 3.8) is 0 Å². The van der Waals surface area contributed by atoms with E-state index >= 15 is 0 Å². The van der Waals surface area contributed by atoms with E-state index in [9.17, 15) is 0 Å². The Hall–Kier alpha value is -1.24. The zero-order chi connectivity index (χ0) is 9.47. The van der Waals surface area contributed by atoms with Crippen molar-refractivity contribution in [2.45, 2.75) is 26.2 Å². The summed E-state index contributed by atoms with van der Waals surface area (Å²) in [7, 11) is 0. The number of ether oxygens (including phenoxy) is 1. The first-order valence-electron chi connectivity index (χ1n) is 4.56. The van der Waals surface area contributed by atoms with Crippen LogP contribution >= 0.6 is 0 Å². The number of allylic oxidation sites excluding steroid dienone is 2. The van der Waals surface area contributed by atoms with Gasteiger partial charge < -0.3 is 4.74 Å². The molecule has 0 fully saturated rings. The van der Waals surface area contributed by atoms with Gasteiger partial charge in [0.05, 0.1) is 5.76 Å². The molecule has 0 saturated heterocycles. The molecule has 1 heterocycles. The zero-order valence-corrected chi connectivity index (χ0v) is 8.29. The van der Waals surface area contributed by atoms with Crippen molar-refractivity contribution in [3.8, 4) is 5.75 Å². The molecule has 1 heteroatoms. The van der Waals surface area contributed by atoms with Crippen LogP contribution in [-0.4, -0.2) is 0 Å². The molecule has 0 N–H and O–H groups in total. The van der Waals surface area contributed by atoms with Crippen LogP contribution in [0.4, 0.5) is 0 Å². The highest BCUT2D eigenvalue weighted by Gasteiger charge is 2.26. The SMILES string of the molecule is CC1=CC(C)(C)c2ccccc2O1. The second-order valence-corrected chi connectivity index (χ2v) is 4.07. The number of hydrogen-bond acceptors (Lipinski definition) is 1. The quantitative estimate of drug-likeness (QED) is 0.586. The lowest BCUT2D eigenvalue weighted by Gasteiger charge is -2.29. The first kappa shape index (κ1) is 8.36. The Morgan fingerprint density at radius 1 is 1.15 bits per heavy atom. The van der Waals surface area contributed by atoms with Gasteiger partial charge >= 0.3 is 0 Å². The fourth-order valence-corrected chi connectivity index (χ4v) is 1.88. The van der Waals surface area contributed by atoms with Crippen LogP contribution in [0.3, 0.4) is 0 Å². The maximum absolute atomic E-state index is 5.63. The van der Waals surface area contributed by atoms with Crippen molar-refractivity contribution in [2.75, 3.05) is 0 Å². The van der Waals surface area contributed by atoms with Gasteiger partial charge in [0, 0.05) is 11.0 Å². The van der Waals surface area contributed by atoms with E-state index in [0.29, 0.717) is 0 Å². The summed E-state index contributed by atoms with van der Waals surface area (Å²) in [5.41, 5.74) is 1.36. The molecule has 1 aliphatic rings. The minimum absolute atomic E-state index is 0.0962. The average molecular weight is 174 g/mol. The molecular formula is C12H14O. The van der Waals surface area contributed by atoms with Gasteiger partial charge in [0.25, 0.3) is 0 Å². The van der Waals surface area contributed by atoms with E-state index in [-0.39, 0.29) is 5.41 Å². The van der Waals surface area contributed by atoms with E-state index in [1.807, 2.05) is 19.1 Å². The molecule has 0 spiro atoms. The Balaban J connectivity index is 2.58. The lowest BCUT2D eigenvalue weighted by Crippen LogP contribution is -2.20. The lowest BCUT2D eigenvalue weighted by molar-refractivity contribution is 0.384. The molecular weight excluding hydrogens is 160 g/mol. The molecule has 1 aromatic rings. The summed E-state index contributed by atoms with van der Waals surface area (Å²) in [6, 6.07) is 8.21. The molecule has 0 amide bonds. The molecule has 2 rings (SSSR count). The highest BCUT2D eigenvalue weighted by Crippen LogP contribution is 2.37. The second-order valence-electron chi connectivity index (χ2n) is 4.07. The molecule has 0 saturated carbocycles. The maximum atomic E-state index is 5.63. The summed E-state index contributed by atoms with van der Waals surface area (Å²) in [5, 5.41) is 0. The van der Waals surface area contributed by atoms with Gasteiger partial charge in [-0.3, -0.25) is 0 Å². The Labute approximate surface area is 79.0 Å². The van der Waals surface area contributed by atoms with Gasteiger partial charge in [-0.25, -0.2) is 0 Å². The van der Waals surface area contributed by atoms with Gasteiger partial charge in [0.1, 0.15) is 5.75 Å². The van der Waals surface area contributed by atoms with Crippen LogP contribution in [0.15, 0.2) is 36.1 Å². The van der Waals surface area contributed by atoms with Crippen LogP contribution < -0.4 is 4.74 Å². The third-order valence-electron chi connectivity index (χ3n) is 2.42. The number of benzene rings is 1. The van der Waals surface area contributed by atoms with Crippen LogP contribution in [0.2, 0.25) is 0 Å². The van der Waals surface area contributed by atoms with Gasteiger partial charge in [0.15, 0.2) is 0 Å². The molecule has 1 aliphatic heterocycles. The molecule has 0 aliphatic carbocycles. The highest BCUT2D eigenvalue weighted by molar-refractivity contribution is 5.45. The minimum atomic E-state index is 0.0962.